The maximum Gasteiger partial charge on any atom is 0.229 e. The average molecular weight is 276 g/mol. The number of nitrogens with zero attached hydrogens (tertiary/aromatic N) is 3. The number of hydrogen-bond donors (Lipinski definition) is 0. The first-order valence-corrected chi connectivity index (χ1v) is 4.86. The number of halogens is 3. The van der Waals surface area contributed by atoms with Crippen LogP contribution in [-0.2, 0) is 0 Å². The van der Waals surface area contributed by atoms with Crippen LogP contribution < -0.4 is 0 Å². The Morgan fingerprint density at radius 2 is 2.21 bits per heavy atom. The molecule has 0 N–H and O–H groups in total. The minimum atomic E-state index is -0.321. The van der Waals surface area contributed by atoms with Crippen LogP contribution in [0.4, 0.5) is 4.39 Å². The van der Waals surface area contributed by atoms with E-state index in [1.54, 1.807) is 16.7 Å². The van der Waals surface area contributed by atoms with Gasteiger partial charge in [-0.25, -0.2) is 4.39 Å². The van der Waals surface area contributed by atoms with Gasteiger partial charge in [-0.3, -0.25) is 4.57 Å². The Morgan fingerprint density at radius 3 is 2.79 bits per heavy atom. The van der Waals surface area contributed by atoms with Gasteiger partial charge in [0.1, 0.15) is 12.1 Å². The predicted octanol–water partition coefficient (Wildman–Crippen LogP) is 2.82. The second-order valence-electron chi connectivity index (χ2n) is 2.57. The number of aromatic nitrogens is 3. The molecule has 6 heteroatoms. The van der Waals surface area contributed by atoms with Gasteiger partial charge in [0, 0.05) is 0 Å². The van der Waals surface area contributed by atoms with Crippen LogP contribution in [0.15, 0.2) is 29.0 Å². The minimum Gasteiger partial charge on any atom is -0.272 e. The molecule has 1 aromatic heterocycles. The van der Waals surface area contributed by atoms with Gasteiger partial charge in [-0.2, -0.15) is 0 Å². The molecule has 0 bridgehead atoms. The summed E-state index contributed by atoms with van der Waals surface area (Å²) in [4.78, 5) is 0. The van der Waals surface area contributed by atoms with Gasteiger partial charge < -0.3 is 0 Å². The van der Waals surface area contributed by atoms with Crippen LogP contribution >= 0.6 is 27.5 Å². The molecule has 0 saturated carbocycles. The monoisotopic (exact) mass is 275 g/mol. The molecular formula is C8H4BrClFN3. The molecule has 0 fully saturated rings. The molecule has 0 amide bonds. The highest BCUT2D eigenvalue weighted by Gasteiger charge is 2.05. The molecule has 3 nitrogen and oxygen atoms in total. The molecule has 0 aliphatic heterocycles. The number of benzene rings is 1. The van der Waals surface area contributed by atoms with E-state index >= 15 is 0 Å². The molecule has 0 aliphatic rings. The number of rotatable bonds is 1. The van der Waals surface area contributed by atoms with E-state index in [1.807, 2.05) is 0 Å². The van der Waals surface area contributed by atoms with Crippen molar-refractivity contribution in [2.24, 2.45) is 0 Å². The Hall–Kier alpha value is -0.940. The number of hydrogen-bond acceptors (Lipinski definition) is 2. The van der Waals surface area contributed by atoms with Crippen LogP contribution in [0.3, 0.4) is 0 Å². The first kappa shape index (κ1) is 9.61. The van der Waals surface area contributed by atoms with E-state index in [4.69, 9.17) is 11.6 Å². The highest BCUT2D eigenvalue weighted by atomic mass is 79.9. The summed E-state index contributed by atoms with van der Waals surface area (Å²) < 4.78 is 14.8. The van der Waals surface area contributed by atoms with E-state index in [0.29, 0.717) is 10.2 Å². The summed E-state index contributed by atoms with van der Waals surface area (Å²) in [5, 5.41) is 7.48. The van der Waals surface area contributed by atoms with Crippen LogP contribution in [0.25, 0.3) is 5.69 Å². The third kappa shape index (κ3) is 1.65. The molecule has 0 saturated heterocycles. The molecule has 0 spiro atoms. The maximum atomic E-state index is 12.9. The normalized spacial score (nSPS) is 10.5. The third-order valence-corrected chi connectivity index (χ3v) is 2.55. The Balaban J connectivity index is 2.53. The lowest BCUT2D eigenvalue weighted by Crippen LogP contribution is -1.93. The lowest BCUT2D eigenvalue weighted by atomic mass is 10.3. The fourth-order valence-corrected chi connectivity index (χ4v) is 1.58. The summed E-state index contributed by atoms with van der Waals surface area (Å²) in [7, 11) is 0. The molecule has 0 radical (unpaired) electrons. The van der Waals surface area contributed by atoms with E-state index in [9.17, 15) is 4.39 Å². The van der Waals surface area contributed by atoms with Gasteiger partial charge in [0.15, 0.2) is 0 Å². The van der Waals surface area contributed by atoms with Crippen molar-refractivity contribution in [1.29, 1.82) is 0 Å². The lowest BCUT2D eigenvalue weighted by Gasteiger charge is -2.03. The largest absolute Gasteiger partial charge is 0.272 e. The van der Waals surface area contributed by atoms with Crippen LogP contribution in [0, 0.1) is 5.82 Å². The van der Waals surface area contributed by atoms with Gasteiger partial charge in [-0.15, -0.1) is 10.2 Å². The standard InChI is InChI=1S/C8H4BrClFN3/c9-6-3-5(1-2-7(6)11)14-4-12-13-8(14)10/h1-4H. The fourth-order valence-electron chi connectivity index (χ4n) is 1.03. The van der Waals surface area contributed by atoms with Crippen molar-refractivity contribution in [2.45, 2.75) is 0 Å². The van der Waals surface area contributed by atoms with Gasteiger partial charge in [-0.05, 0) is 45.7 Å². The Labute approximate surface area is 92.7 Å². The average Bonchev–Trinajstić information content (AvgIpc) is 2.57. The van der Waals surface area contributed by atoms with Crippen LogP contribution in [0.1, 0.15) is 0 Å². The molecule has 0 aliphatic carbocycles. The SMILES string of the molecule is Fc1ccc(-n2cnnc2Cl)cc1Br. The Kier molecular flexibility index (Phi) is 2.52. The molecule has 1 heterocycles. The van der Waals surface area contributed by atoms with E-state index in [2.05, 4.69) is 26.1 Å². The molecule has 72 valence electrons. The third-order valence-electron chi connectivity index (χ3n) is 1.69. The first-order valence-electron chi connectivity index (χ1n) is 3.69. The highest BCUT2D eigenvalue weighted by Crippen LogP contribution is 2.21. The second-order valence-corrected chi connectivity index (χ2v) is 3.76. The fraction of sp³-hybridized carbons (Fsp3) is 0. The van der Waals surface area contributed by atoms with E-state index in [-0.39, 0.29) is 11.1 Å². The van der Waals surface area contributed by atoms with E-state index < -0.39 is 0 Å². The summed E-state index contributed by atoms with van der Waals surface area (Å²) in [6, 6.07) is 4.54. The molecule has 2 aromatic rings. The van der Waals surface area contributed by atoms with Crippen LogP contribution in [-0.4, -0.2) is 14.8 Å². The quantitative estimate of drug-likeness (QED) is 0.802. The van der Waals surface area contributed by atoms with Gasteiger partial charge >= 0.3 is 0 Å². The summed E-state index contributed by atoms with van der Waals surface area (Å²) in [6.45, 7) is 0. The second kappa shape index (κ2) is 3.67. The van der Waals surface area contributed by atoms with Crippen LogP contribution in [0.2, 0.25) is 5.28 Å². The zero-order valence-electron chi connectivity index (χ0n) is 6.78. The van der Waals surface area contributed by atoms with Crippen molar-refractivity contribution in [3.05, 3.63) is 40.1 Å². The molecule has 2 rings (SSSR count). The van der Waals surface area contributed by atoms with Crippen molar-refractivity contribution in [1.82, 2.24) is 14.8 Å². The van der Waals surface area contributed by atoms with Crippen molar-refractivity contribution < 1.29 is 4.39 Å². The van der Waals surface area contributed by atoms with Gasteiger partial charge in [0.25, 0.3) is 0 Å². The van der Waals surface area contributed by atoms with Crippen molar-refractivity contribution in [3.8, 4) is 5.69 Å². The van der Waals surface area contributed by atoms with Crippen molar-refractivity contribution >= 4 is 27.5 Å². The Bertz CT molecular complexity index is 471. The Morgan fingerprint density at radius 1 is 1.43 bits per heavy atom. The van der Waals surface area contributed by atoms with E-state index in [1.165, 1.54) is 12.4 Å². The van der Waals surface area contributed by atoms with Crippen LogP contribution in [0.5, 0.6) is 0 Å². The first-order chi connectivity index (χ1) is 6.68. The molecule has 0 unspecified atom stereocenters. The summed E-state index contributed by atoms with van der Waals surface area (Å²) >= 11 is 8.83. The molecule has 1 aromatic carbocycles. The molecule has 14 heavy (non-hydrogen) atoms. The van der Waals surface area contributed by atoms with E-state index in [0.717, 1.165) is 0 Å². The highest BCUT2D eigenvalue weighted by molar-refractivity contribution is 9.10. The maximum absolute atomic E-state index is 12.9. The summed E-state index contributed by atoms with van der Waals surface area (Å²) in [5.74, 6) is -0.321. The predicted molar refractivity (Wildman–Crippen MR) is 54.0 cm³/mol. The minimum absolute atomic E-state index is 0.239. The summed E-state index contributed by atoms with van der Waals surface area (Å²) in [5.41, 5.74) is 0.702. The molecular weight excluding hydrogens is 272 g/mol. The van der Waals surface area contributed by atoms with Gasteiger partial charge in [0.05, 0.1) is 10.2 Å². The van der Waals surface area contributed by atoms with Gasteiger partial charge in [0.2, 0.25) is 5.28 Å². The topological polar surface area (TPSA) is 30.7 Å². The zero-order valence-corrected chi connectivity index (χ0v) is 9.13. The van der Waals surface area contributed by atoms with Crippen molar-refractivity contribution in [3.63, 3.8) is 0 Å². The van der Waals surface area contributed by atoms with Gasteiger partial charge in [-0.1, -0.05) is 0 Å². The van der Waals surface area contributed by atoms with Crippen molar-refractivity contribution in [2.75, 3.05) is 0 Å². The lowest BCUT2D eigenvalue weighted by molar-refractivity contribution is 0.620. The molecule has 0 atom stereocenters. The zero-order chi connectivity index (χ0) is 10.1. The summed E-state index contributed by atoms with van der Waals surface area (Å²) in [6.07, 6.45) is 1.46. The smallest absolute Gasteiger partial charge is 0.229 e.